The van der Waals surface area contributed by atoms with Gasteiger partial charge >= 0.3 is 17.9 Å². The maximum Gasteiger partial charge on any atom is 0.306 e. The van der Waals surface area contributed by atoms with Crippen LogP contribution in [-0.2, 0) is 28.6 Å². The summed E-state index contributed by atoms with van der Waals surface area (Å²) >= 11 is 0. The second kappa shape index (κ2) is 53.5. The Balaban J connectivity index is 4.26. The fourth-order valence-electron chi connectivity index (χ4n) is 8.38. The van der Waals surface area contributed by atoms with Crippen LogP contribution in [0.15, 0.2) is 24.3 Å². The van der Waals surface area contributed by atoms with Crippen LogP contribution in [-0.4, -0.2) is 37.2 Å². The summed E-state index contributed by atoms with van der Waals surface area (Å²) in [7, 11) is 0. The Hall–Kier alpha value is -2.11. The topological polar surface area (TPSA) is 78.9 Å². The molecule has 0 aromatic carbocycles. The number of unbranched alkanes of at least 4 members (excludes halogenated alkanes) is 37. The van der Waals surface area contributed by atoms with Gasteiger partial charge in [0.15, 0.2) is 6.10 Å². The zero-order chi connectivity index (χ0) is 46.5. The van der Waals surface area contributed by atoms with Crippen molar-refractivity contribution in [2.24, 2.45) is 0 Å². The van der Waals surface area contributed by atoms with Crippen molar-refractivity contribution in [2.75, 3.05) is 13.2 Å². The molecule has 1 unspecified atom stereocenters. The van der Waals surface area contributed by atoms with Crippen LogP contribution in [0.1, 0.15) is 310 Å². The molecule has 0 aliphatic carbocycles. The third kappa shape index (κ3) is 50.9. The van der Waals surface area contributed by atoms with Crippen LogP contribution in [0.5, 0.6) is 0 Å². The van der Waals surface area contributed by atoms with Gasteiger partial charge in [-0.25, -0.2) is 0 Å². The van der Waals surface area contributed by atoms with Crippen LogP contribution in [0, 0.1) is 0 Å². The van der Waals surface area contributed by atoms with Crippen molar-refractivity contribution in [3.63, 3.8) is 0 Å². The average molecular weight is 901 g/mol. The molecular weight excluding hydrogens is 793 g/mol. The van der Waals surface area contributed by atoms with E-state index in [1.807, 2.05) is 0 Å². The molecule has 0 aliphatic rings. The fraction of sp³-hybridized carbons (Fsp3) is 0.879. The Morgan fingerprint density at radius 3 is 0.844 bits per heavy atom. The van der Waals surface area contributed by atoms with Gasteiger partial charge in [-0.2, -0.15) is 0 Å². The lowest BCUT2D eigenvalue weighted by Gasteiger charge is -2.18. The van der Waals surface area contributed by atoms with Crippen molar-refractivity contribution in [2.45, 2.75) is 316 Å². The van der Waals surface area contributed by atoms with Gasteiger partial charge in [0.05, 0.1) is 0 Å². The molecule has 0 radical (unpaired) electrons. The lowest BCUT2D eigenvalue weighted by Crippen LogP contribution is -2.30. The van der Waals surface area contributed by atoms with Crippen LogP contribution < -0.4 is 0 Å². The zero-order valence-electron chi connectivity index (χ0n) is 43.1. The van der Waals surface area contributed by atoms with Gasteiger partial charge < -0.3 is 14.2 Å². The fourth-order valence-corrected chi connectivity index (χ4v) is 8.38. The van der Waals surface area contributed by atoms with E-state index in [-0.39, 0.29) is 31.1 Å². The maximum atomic E-state index is 12.8. The van der Waals surface area contributed by atoms with Gasteiger partial charge in [0.25, 0.3) is 0 Å². The second-order valence-corrected chi connectivity index (χ2v) is 19.2. The Labute approximate surface area is 398 Å². The first-order valence-corrected chi connectivity index (χ1v) is 28.3. The molecule has 0 aromatic heterocycles. The van der Waals surface area contributed by atoms with E-state index in [0.717, 1.165) is 70.6 Å². The third-order valence-electron chi connectivity index (χ3n) is 12.7. The monoisotopic (exact) mass is 901 g/mol. The molecular formula is C58H108O6. The van der Waals surface area contributed by atoms with Crippen molar-refractivity contribution in [1.82, 2.24) is 0 Å². The molecule has 1 atom stereocenters. The van der Waals surface area contributed by atoms with Gasteiger partial charge in [-0.15, -0.1) is 0 Å². The molecule has 64 heavy (non-hydrogen) atoms. The molecule has 0 bridgehead atoms. The standard InChI is InChI=1S/C58H108O6/c1-4-7-10-13-16-19-22-24-26-28-29-31-32-34-36-39-42-45-48-51-57(60)63-54-55(53-62-56(59)50-47-44-41-38-21-18-15-12-9-6-3)64-58(61)52-49-46-43-40-37-35-33-30-27-25-23-20-17-14-11-8-5-2/h12,15,24,26,55H,4-11,13-14,16-23,25,27-54H2,1-3H3/b15-12-,26-24-. The highest BCUT2D eigenvalue weighted by Crippen LogP contribution is 2.17. The minimum absolute atomic E-state index is 0.0709. The van der Waals surface area contributed by atoms with Crippen molar-refractivity contribution >= 4 is 17.9 Å². The molecule has 0 fully saturated rings. The highest BCUT2D eigenvalue weighted by atomic mass is 16.6. The Morgan fingerprint density at radius 1 is 0.297 bits per heavy atom. The summed E-state index contributed by atoms with van der Waals surface area (Å²) in [6, 6.07) is 0. The predicted octanol–water partition coefficient (Wildman–Crippen LogP) is 18.7. The molecule has 0 aromatic rings. The number of ether oxygens (including phenoxy) is 3. The zero-order valence-corrected chi connectivity index (χ0v) is 43.1. The van der Waals surface area contributed by atoms with E-state index in [1.165, 1.54) is 199 Å². The van der Waals surface area contributed by atoms with E-state index < -0.39 is 6.10 Å². The van der Waals surface area contributed by atoms with E-state index in [9.17, 15) is 14.4 Å². The van der Waals surface area contributed by atoms with Gasteiger partial charge in [0, 0.05) is 19.3 Å². The minimum Gasteiger partial charge on any atom is -0.462 e. The number of carbonyl (C=O) groups is 3. The predicted molar refractivity (Wildman–Crippen MR) is 275 cm³/mol. The van der Waals surface area contributed by atoms with Crippen molar-refractivity contribution in [1.29, 1.82) is 0 Å². The van der Waals surface area contributed by atoms with Gasteiger partial charge in [-0.05, 0) is 64.2 Å². The van der Waals surface area contributed by atoms with E-state index in [0.29, 0.717) is 19.3 Å². The molecule has 376 valence electrons. The first-order valence-electron chi connectivity index (χ1n) is 28.3. The second-order valence-electron chi connectivity index (χ2n) is 19.2. The van der Waals surface area contributed by atoms with Crippen LogP contribution >= 0.6 is 0 Å². The first-order chi connectivity index (χ1) is 31.5. The molecule has 0 saturated heterocycles. The normalized spacial score (nSPS) is 12.1. The summed E-state index contributed by atoms with van der Waals surface area (Å²) in [5, 5.41) is 0. The van der Waals surface area contributed by atoms with E-state index >= 15 is 0 Å². The molecule has 0 rings (SSSR count). The summed E-state index contributed by atoms with van der Waals surface area (Å²) in [4.78, 5) is 38.0. The molecule has 6 heteroatoms. The average Bonchev–Trinajstić information content (AvgIpc) is 3.29. The lowest BCUT2D eigenvalue weighted by atomic mass is 10.0. The van der Waals surface area contributed by atoms with Crippen molar-refractivity contribution < 1.29 is 28.6 Å². The lowest BCUT2D eigenvalue weighted by molar-refractivity contribution is -0.167. The quantitative estimate of drug-likeness (QED) is 0.0262. The number of allylic oxidation sites excluding steroid dienone is 4. The smallest absolute Gasteiger partial charge is 0.306 e. The van der Waals surface area contributed by atoms with E-state index in [4.69, 9.17) is 14.2 Å². The summed E-state index contributed by atoms with van der Waals surface area (Å²) in [6.45, 7) is 6.61. The molecule has 0 amide bonds. The number of carbonyl (C=O) groups excluding carboxylic acids is 3. The molecule has 6 nitrogen and oxygen atoms in total. The number of hydrogen-bond acceptors (Lipinski definition) is 6. The van der Waals surface area contributed by atoms with Gasteiger partial charge in [-0.1, -0.05) is 251 Å². The maximum absolute atomic E-state index is 12.8. The minimum atomic E-state index is -0.770. The van der Waals surface area contributed by atoms with Gasteiger partial charge in [-0.3, -0.25) is 14.4 Å². The SMILES string of the molecule is CCC/C=C\CCCCCCCC(=O)OCC(COC(=O)CCCCCCCCCCC/C=C\CCCCCCCC)OC(=O)CCCCCCCCCCCCCCCCCCC. The molecule has 0 spiro atoms. The highest BCUT2D eigenvalue weighted by Gasteiger charge is 2.19. The van der Waals surface area contributed by atoms with Crippen LogP contribution in [0.4, 0.5) is 0 Å². The Morgan fingerprint density at radius 2 is 0.547 bits per heavy atom. The summed E-state index contributed by atoms with van der Waals surface area (Å²) in [5.74, 6) is -0.866. The van der Waals surface area contributed by atoms with Crippen LogP contribution in [0.25, 0.3) is 0 Å². The van der Waals surface area contributed by atoms with Crippen molar-refractivity contribution in [3.8, 4) is 0 Å². The van der Waals surface area contributed by atoms with Crippen LogP contribution in [0.2, 0.25) is 0 Å². The first kappa shape index (κ1) is 61.9. The van der Waals surface area contributed by atoms with Crippen LogP contribution in [0.3, 0.4) is 0 Å². The Kier molecular flexibility index (Phi) is 51.7. The number of rotatable bonds is 52. The van der Waals surface area contributed by atoms with Crippen molar-refractivity contribution in [3.05, 3.63) is 24.3 Å². The molecule has 0 aliphatic heterocycles. The summed E-state index contributed by atoms with van der Waals surface area (Å²) in [5.41, 5.74) is 0. The Bertz CT molecular complexity index is 1040. The van der Waals surface area contributed by atoms with E-state index in [1.54, 1.807) is 0 Å². The van der Waals surface area contributed by atoms with Gasteiger partial charge in [0.1, 0.15) is 13.2 Å². The summed E-state index contributed by atoms with van der Waals surface area (Å²) in [6.07, 6.45) is 61.7. The van der Waals surface area contributed by atoms with E-state index in [2.05, 4.69) is 45.1 Å². The highest BCUT2D eigenvalue weighted by molar-refractivity contribution is 5.71. The third-order valence-corrected chi connectivity index (χ3v) is 12.7. The van der Waals surface area contributed by atoms with Gasteiger partial charge in [0.2, 0.25) is 0 Å². The molecule has 0 heterocycles. The number of hydrogen-bond donors (Lipinski definition) is 0. The molecule has 0 N–H and O–H groups in total. The number of esters is 3. The molecule has 0 saturated carbocycles. The summed E-state index contributed by atoms with van der Waals surface area (Å²) < 4.78 is 16.8. The largest absolute Gasteiger partial charge is 0.462 e.